The third kappa shape index (κ3) is 2.36. The highest BCUT2D eigenvalue weighted by atomic mass is 16.5. The van der Waals surface area contributed by atoms with Gasteiger partial charge in [-0.15, -0.1) is 0 Å². The molecule has 1 aliphatic rings. The van der Waals surface area contributed by atoms with Gasteiger partial charge in [0.1, 0.15) is 12.2 Å². The summed E-state index contributed by atoms with van der Waals surface area (Å²) in [5.41, 5.74) is 0.231. The zero-order valence-corrected chi connectivity index (χ0v) is 10.1. The summed E-state index contributed by atoms with van der Waals surface area (Å²) in [5.74, 6) is -1.04. The van der Waals surface area contributed by atoms with Gasteiger partial charge in [0.25, 0.3) is 0 Å². The lowest BCUT2D eigenvalue weighted by Gasteiger charge is -2.49. The predicted octanol–water partition coefficient (Wildman–Crippen LogP) is 0.845. The lowest BCUT2D eigenvalue weighted by atomic mass is 9.85. The highest BCUT2D eigenvalue weighted by Crippen LogP contribution is 2.35. The highest BCUT2D eigenvalue weighted by Gasteiger charge is 2.47. The first-order chi connectivity index (χ1) is 8.53. The molecule has 5 nitrogen and oxygen atoms in total. The van der Waals surface area contributed by atoms with Crippen LogP contribution in [0.25, 0.3) is 0 Å². The highest BCUT2D eigenvalue weighted by molar-refractivity contribution is 5.75. The molecule has 96 valence electrons. The third-order valence-corrected chi connectivity index (χ3v) is 3.11. The van der Waals surface area contributed by atoms with Crippen molar-refractivity contribution in [1.82, 2.24) is 4.90 Å². The fraction of sp³-hybridized carbons (Fsp3) is 0.385. The number of hydrogen-bond acceptors (Lipinski definition) is 3. The molecule has 0 aliphatic carbocycles. The Morgan fingerprint density at radius 2 is 1.94 bits per heavy atom. The molecule has 0 saturated carbocycles. The van der Waals surface area contributed by atoms with Crippen LogP contribution >= 0.6 is 0 Å². The average molecular weight is 249 g/mol. The van der Waals surface area contributed by atoms with Crippen molar-refractivity contribution in [2.45, 2.75) is 12.5 Å². The molecule has 0 bridgehead atoms. The molecule has 0 radical (unpaired) electrons. The summed E-state index contributed by atoms with van der Waals surface area (Å²) in [6.45, 7) is 1.94. The third-order valence-electron chi connectivity index (χ3n) is 3.11. The number of carbonyl (C=O) groups excluding carboxylic acids is 1. The number of ether oxygens (including phenoxy) is 1. The fourth-order valence-corrected chi connectivity index (χ4v) is 2.09. The van der Waals surface area contributed by atoms with Crippen LogP contribution in [-0.4, -0.2) is 41.6 Å². The maximum Gasteiger partial charge on any atom is 0.329 e. The van der Waals surface area contributed by atoms with Gasteiger partial charge in [-0.25, -0.2) is 4.79 Å². The Bertz CT molecular complexity index is 446. The lowest BCUT2D eigenvalue weighted by Crippen LogP contribution is -2.62. The Kier molecular flexibility index (Phi) is 3.34. The maximum absolute atomic E-state index is 11.2. The molecule has 0 aromatic heterocycles. The Morgan fingerprint density at radius 3 is 2.44 bits per heavy atom. The molecule has 0 spiro atoms. The van der Waals surface area contributed by atoms with Crippen molar-refractivity contribution in [1.29, 1.82) is 0 Å². The molecule has 0 atom stereocenters. The first kappa shape index (κ1) is 12.6. The van der Waals surface area contributed by atoms with E-state index in [1.165, 1.54) is 6.92 Å². The number of carboxylic acid groups (broad SMARTS) is 1. The normalized spacial score (nSPS) is 17.1. The maximum atomic E-state index is 11.2. The van der Waals surface area contributed by atoms with E-state index >= 15 is 0 Å². The van der Waals surface area contributed by atoms with Gasteiger partial charge in [0.15, 0.2) is 0 Å². The molecule has 1 aromatic carbocycles. The van der Waals surface area contributed by atoms with E-state index in [0.717, 1.165) is 5.56 Å². The summed E-state index contributed by atoms with van der Waals surface area (Å²) in [7, 11) is 0. The molecule has 2 rings (SSSR count). The van der Waals surface area contributed by atoms with Crippen molar-refractivity contribution < 1.29 is 19.4 Å². The van der Waals surface area contributed by atoms with E-state index in [0.29, 0.717) is 13.1 Å². The number of carboxylic acids is 1. The largest absolute Gasteiger partial charge is 0.480 e. The van der Waals surface area contributed by atoms with E-state index < -0.39 is 11.6 Å². The molecule has 1 heterocycles. The molecule has 1 amide bonds. The summed E-state index contributed by atoms with van der Waals surface area (Å²) < 4.78 is 5.50. The Morgan fingerprint density at radius 1 is 1.33 bits per heavy atom. The fourth-order valence-electron chi connectivity index (χ4n) is 2.09. The summed E-state index contributed by atoms with van der Waals surface area (Å²) in [4.78, 5) is 23.5. The molecular formula is C13H15NO4. The van der Waals surface area contributed by atoms with Crippen LogP contribution in [-0.2, 0) is 19.9 Å². The minimum Gasteiger partial charge on any atom is -0.480 e. The van der Waals surface area contributed by atoms with Gasteiger partial charge in [-0.1, -0.05) is 30.3 Å². The number of amides is 1. The van der Waals surface area contributed by atoms with E-state index in [1.54, 1.807) is 4.90 Å². The molecule has 1 aromatic rings. The minimum atomic E-state index is -1.01. The van der Waals surface area contributed by atoms with Crippen molar-refractivity contribution in [3.63, 3.8) is 0 Å². The van der Waals surface area contributed by atoms with Gasteiger partial charge in [0.05, 0.1) is 13.1 Å². The van der Waals surface area contributed by atoms with E-state index in [2.05, 4.69) is 0 Å². The Balaban J connectivity index is 2.15. The van der Waals surface area contributed by atoms with Gasteiger partial charge in [-0.05, 0) is 5.56 Å². The number of aliphatic carboxylic acids is 1. The summed E-state index contributed by atoms with van der Waals surface area (Å²) in [6.07, 6.45) is 0. The standard InChI is InChI=1S/C13H15NO4/c1-10(15)14-8-13(9-14,18-7-12(16)17)11-5-3-2-4-6-11/h2-6H,7-9H2,1H3,(H,16,17). The minimum absolute atomic E-state index is 0.0273. The Hall–Kier alpha value is -1.88. The SMILES string of the molecule is CC(=O)N1CC(OCC(=O)O)(c2ccccc2)C1. The second-order valence-corrected chi connectivity index (χ2v) is 4.42. The average Bonchev–Trinajstić information content (AvgIpc) is 2.28. The molecule has 0 unspecified atom stereocenters. The lowest BCUT2D eigenvalue weighted by molar-refractivity contribution is -0.180. The predicted molar refractivity (Wildman–Crippen MR) is 64.0 cm³/mol. The van der Waals surface area contributed by atoms with E-state index in [4.69, 9.17) is 9.84 Å². The number of likely N-dealkylation sites (tertiary alicyclic amines) is 1. The van der Waals surface area contributed by atoms with E-state index in [9.17, 15) is 9.59 Å². The zero-order valence-electron chi connectivity index (χ0n) is 10.1. The second-order valence-electron chi connectivity index (χ2n) is 4.42. The van der Waals surface area contributed by atoms with Crippen LogP contribution < -0.4 is 0 Å². The number of nitrogens with zero attached hydrogens (tertiary/aromatic N) is 1. The van der Waals surface area contributed by atoms with Gasteiger partial charge in [-0.3, -0.25) is 4.79 Å². The van der Waals surface area contributed by atoms with Crippen LogP contribution in [0.5, 0.6) is 0 Å². The van der Waals surface area contributed by atoms with Crippen LogP contribution in [0.15, 0.2) is 30.3 Å². The molecular weight excluding hydrogens is 234 g/mol. The molecule has 1 fully saturated rings. The monoisotopic (exact) mass is 249 g/mol. The molecule has 1 N–H and O–H groups in total. The molecule has 1 aliphatic heterocycles. The van der Waals surface area contributed by atoms with Crippen LogP contribution in [0.1, 0.15) is 12.5 Å². The van der Waals surface area contributed by atoms with Crippen molar-refractivity contribution in [2.75, 3.05) is 19.7 Å². The van der Waals surface area contributed by atoms with Gasteiger partial charge in [-0.2, -0.15) is 0 Å². The summed E-state index contributed by atoms with van der Waals surface area (Å²) in [6, 6.07) is 9.41. The quantitative estimate of drug-likeness (QED) is 0.858. The Labute approximate surface area is 105 Å². The van der Waals surface area contributed by atoms with Gasteiger partial charge < -0.3 is 14.7 Å². The first-order valence-corrected chi connectivity index (χ1v) is 5.70. The number of benzene rings is 1. The van der Waals surface area contributed by atoms with Crippen molar-refractivity contribution in [3.8, 4) is 0 Å². The summed E-state index contributed by atoms with van der Waals surface area (Å²) >= 11 is 0. The van der Waals surface area contributed by atoms with Crippen LogP contribution in [0.3, 0.4) is 0 Å². The number of rotatable bonds is 4. The second kappa shape index (κ2) is 4.78. The number of hydrogen-bond donors (Lipinski definition) is 1. The summed E-state index contributed by atoms with van der Waals surface area (Å²) in [5, 5.41) is 8.71. The first-order valence-electron chi connectivity index (χ1n) is 5.70. The molecule has 1 saturated heterocycles. The van der Waals surface area contributed by atoms with Crippen LogP contribution in [0, 0.1) is 0 Å². The van der Waals surface area contributed by atoms with Crippen LogP contribution in [0.2, 0.25) is 0 Å². The van der Waals surface area contributed by atoms with E-state index in [1.807, 2.05) is 30.3 Å². The van der Waals surface area contributed by atoms with Crippen molar-refractivity contribution in [3.05, 3.63) is 35.9 Å². The van der Waals surface area contributed by atoms with Gasteiger partial charge >= 0.3 is 5.97 Å². The number of carbonyl (C=O) groups is 2. The van der Waals surface area contributed by atoms with E-state index in [-0.39, 0.29) is 12.5 Å². The zero-order chi connectivity index (χ0) is 13.2. The topological polar surface area (TPSA) is 66.8 Å². The van der Waals surface area contributed by atoms with Gasteiger partial charge in [0, 0.05) is 6.92 Å². The smallest absolute Gasteiger partial charge is 0.329 e. The molecule has 5 heteroatoms. The van der Waals surface area contributed by atoms with Gasteiger partial charge in [0.2, 0.25) is 5.91 Å². The van der Waals surface area contributed by atoms with Crippen LogP contribution in [0.4, 0.5) is 0 Å². The van der Waals surface area contributed by atoms with Crippen molar-refractivity contribution >= 4 is 11.9 Å². The molecule has 18 heavy (non-hydrogen) atoms. The van der Waals surface area contributed by atoms with Crippen molar-refractivity contribution in [2.24, 2.45) is 0 Å².